The number of H-pyrrole nitrogens is 1. The maximum atomic E-state index is 11.7. The van der Waals surface area contributed by atoms with E-state index in [0.29, 0.717) is 17.9 Å². The van der Waals surface area contributed by atoms with Gasteiger partial charge in [0.15, 0.2) is 5.69 Å². The van der Waals surface area contributed by atoms with Gasteiger partial charge in [0.1, 0.15) is 0 Å². The largest absolute Gasteiger partial charge is 0.395 e. The van der Waals surface area contributed by atoms with Gasteiger partial charge in [-0.15, -0.1) is 11.3 Å². The molecule has 7 heteroatoms. The van der Waals surface area contributed by atoms with E-state index in [4.69, 9.17) is 5.73 Å². The fourth-order valence-corrected chi connectivity index (χ4v) is 1.73. The fourth-order valence-electron chi connectivity index (χ4n) is 1.19. The minimum absolute atomic E-state index is 0.238. The molecular formula is C9H11N5OS. The van der Waals surface area contributed by atoms with Crippen LogP contribution in [0, 0.1) is 6.92 Å². The summed E-state index contributed by atoms with van der Waals surface area (Å²) in [5, 5.41) is 9.23. The van der Waals surface area contributed by atoms with Crippen molar-refractivity contribution in [2.75, 3.05) is 5.73 Å². The zero-order valence-corrected chi connectivity index (χ0v) is 9.47. The van der Waals surface area contributed by atoms with Crippen molar-refractivity contribution < 1.29 is 4.79 Å². The average Bonchev–Trinajstić information content (AvgIpc) is 2.88. The molecule has 0 saturated carbocycles. The highest BCUT2D eigenvalue weighted by Gasteiger charge is 2.14. The fraction of sp³-hybridized carbons (Fsp3) is 0.222. The first-order valence-corrected chi connectivity index (χ1v) is 5.52. The Bertz CT molecular complexity index is 490. The Kier molecular flexibility index (Phi) is 2.86. The molecule has 2 aromatic rings. The van der Waals surface area contributed by atoms with Gasteiger partial charge in [0.2, 0.25) is 0 Å². The van der Waals surface area contributed by atoms with Crippen molar-refractivity contribution >= 4 is 22.9 Å². The number of nitrogens with zero attached hydrogens (tertiary/aromatic N) is 2. The molecule has 0 unspecified atom stereocenters. The highest BCUT2D eigenvalue weighted by molar-refractivity contribution is 7.09. The van der Waals surface area contributed by atoms with Gasteiger partial charge in [0.25, 0.3) is 5.91 Å². The zero-order valence-electron chi connectivity index (χ0n) is 8.65. The lowest BCUT2D eigenvalue weighted by Gasteiger charge is -2.00. The smallest absolute Gasteiger partial charge is 0.274 e. The van der Waals surface area contributed by atoms with Gasteiger partial charge in [-0.2, -0.15) is 5.10 Å². The van der Waals surface area contributed by atoms with Crippen LogP contribution in [0.15, 0.2) is 11.7 Å². The van der Waals surface area contributed by atoms with E-state index in [1.165, 1.54) is 11.3 Å². The number of amides is 1. The molecule has 16 heavy (non-hydrogen) atoms. The van der Waals surface area contributed by atoms with E-state index in [1.54, 1.807) is 18.6 Å². The lowest BCUT2D eigenvalue weighted by molar-refractivity contribution is 0.0947. The number of aryl methyl sites for hydroxylation is 1. The molecule has 0 spiro atoms. The number of aromatic amines is 1. The minimum Gasteiger partial charge on any atom is -0.395 e. The first kappa shape index (κ1) is 10.6. The summed E-state index contributed by atoms with van der Waals surface area (Å²) < 4.78 is 0. The number of rotatable bonds is 3. The first-order valence-electron chi connectivity index (χ1n) is 4.64. The summed E-state index contributed by atoms with van der Waals surface area (Å²) in [5.74, 6) is -0.282. The number of carbonyl (C=O) groups is 1. The maximum Gasteiger partial charge on any atom is 0.274 e. The van der Waals surface area contributed by atoms with Crippen LogP contribution >= 0.6 is 11.3 Å². The predicted octanol–water partition coefficient (Wildman–Crippen LogP) is 0.687. The van der Waals surface area contributed by atoms with E-state index < -0.39 is 0 Å². The Morgan fingerprint density at radius 1 is 1.69 bits per heavy atom. The predicted molar refractivity (Wildman–Crippen MR) is 61.0 cm³/mol. The Balaban J connectivity index is 2.01. The number of carbonyl (C=O) groups excluding carboxylic acids is 1. The molecule has 0 aliphatic heterocycles. The Morgan fingerprint density at radius 2 is 2.50 bits per heavy atom. The molecule has 0 aromatic carbocycles. The van der Waals surface area contributed by atoms with Gasteiger partial charge in [-0.25, -0.2) is 0 Å². The summed E-state index contributed by atoms with van der Waals surface area (Å²) in [6, 6.07) is 0. The molecule has 2 aromatic heterocycles. The molecule has 0 fully saturated rings. The summed E-state index contributed by atoms with van der Waals surface area (Å²) >= 11 is 1.48. The Labute approximate surface area is 95.9 Å². The number of nitrogen functional groups attached to an aromatic ring is 1. The van der Waals surface area contributed by atoms with Crippen LogP contribution in [0.1, 0.15) is 21.1 Å². The van der Waals surface area contributed by atoms with Crippen LogP contribution in [0.5, 0.6) is 0 Å². The topological polar surface area (TPSA) is 96.7 Å². The van der Waals surface area contributed by atoms with Crippen molar-refractivity contribution in [3.05, 3.63) is 28.0 Å². The zero-order chi connectivity index (χ0) is 11.5. The van der Waals surface area contributed by atoms with Gasteiger partial charge < -0.3 is 11.1 Å². The number of nitrogens with one attached hydrogen (secondary N) is 2. The second kappa shape index (κ2) is 4.31. The molecule has 0 saturated heterocycles. The number of thiazole rings is 1. The molecule has 4 N–H and O–H groups in total. The summed E-state index contributed by atoms with van der Waals surface area (Å²) in [7, 11) is 0. The van der Waals surface area contributed by atoms with Crippen molar-refractivity contribution in [1.82, 2.24) is 20.5 Å². The number of hydrogen-bond acceptors (Lipinski definition) is 5. The van der Waals surface area contributed by atoms with Gasteiger partial charge in [-0.1, -0.05) is 0 Å². The van der Waals surface area contributed by atoms with Crippen molar-refractivity contribution in [1.29, 1.82) is 0 Å². The van der Waals surface area contributed by atoms with E-state index in [1.807, 2.05) is 0 Å². The second-order valence-corrected chi connectivity index (χ2v) is 4.23. The van der Waals surface area contributed by atoms with Crippen LogP contribution in [0.4, 0.5) is 5.69 Å². The van der Waals surface area contributed by atoms with Crippen LogP contribution in [0.25, 0.3) is 0 Å². The molecule has 2 heterocycles. The minimum atomic E-state index is -0.282. The van der Waals surface area contributed by atoms with E-state index in [0.717, 1.165) is 4.88 Å². The number of nitrogens with two attached hydrogens (primary N) is 1. The van der Waals surface area contributed by atoms with Gasteiger partial charge in [0, 0.05) is 11.1 Å². The third-order valence-corrected chi connectivity index (χ3v) is 2.90. The van der Waals surface area contributed by atoms with Crippen molar-refractivity contribution in [2.45, 2.75) is 13.5 Å². The van der Waals surface area contributed by atoms with Gasteiger partial charge in [-0.05, 0) is 6.92 Å². The summed E-state index contributed by atoms with van der Waals surface area (Å²) in [4.78, 5) is 16.6. The first-order chi connectivity index (χ1) is 7.68. The highest BCUT2D eigenvalue weighted by atomic mass is 32.1. The molecule has 0 bridgehead atoms. The van der Waals surface area contributed by atoms with Crippen LogP contribution in [0.2, 0.25) is 0 Å². The molecule has 6 nitrogen and oxygen atoms in total. The number of anilines is 1. The lowest BCUT2D eigenvalue weighted by atomic mass is 10.3. The molecule has 0 aliphatic carbocycles. The quantitative estimate of drug-likeness (QED) is 0.731. The van der Waals surface area contributed by atoms with Gasteiger partial charge in [-0.3, -0.25) is 14.9 Å². The number of aromatic nitrogens is 3. The second-order valence-electron chi connectivity index (χ2n) is 3.26. The van der Waals surface area contributed by atoms with Crippen LogP contribution in [-0.2, 0) is 6.54 Å². The molecule has 0 radical (unpaired) electrons. The summed E-state index contributed by atoms with van der Waals surface area (Å²) in [6.45, 7) is 2.21. The Hall–Kier alpha value is -1.89. The SMILES string of the molecule is Cc1[nH]nc(C(=O)NCc2cncs2)c1N. The van der Waals surface area contributed by atoms with Crippen molar-refractivity contribution in [3.63, 3.8) is 0 Å². The monoisotopic (exact) mass is 237 g/mol. The van der Waals surface area contributed by atoms with Crippen molar-refractivity contribution in [3.8, 4) is 0 Å². The molecule has 1 amide bonds. The highest BCUT2D eigenvalue weighted by Crippen LogP contribution is 2.12. The standard InChI is InChI=1S/C9H11N5OS/c1-5-7(10)8(14-13-5)9(15)12-3-6-2-11-4-16-6/h2,4H,3,10H2,1H3,(H,12,15)(H,13,14). The third kappa shape index (κ3) is 2.03. The van der Waals surface area contributed by atoms with Crippen LogP contribution < -0.4 is 11.1 Å². The molecular weight excluding hydrogens is 226 g/mol. The van der Waals surface area contributed by atoms with Crippen molar-refractivity contribution in [2.24, 2.45) is 0 Å². The Morgan fingerprint density at radius 3 is 3.06 bits per heavy atom. The average molecular weight is 237 g/mol. The molecule has 0 aliphatic rings. The number of hydrogen-bond donors (Lipinski definition) is 3. The maximum absolute atomic E-state index is 11.7. The molecule has 84 valence electrons. The summed E-state index contributed by atoms with van der Waals surface area (Å²) in [5.41, 5.74) is 8.73. The third-order valence-electron chi connectivity index (χ3n) is 2.12. The molecule has 2 rings (SSSR count). The van der Waals surface area contributed by atoms with E-state index in [9.17, 15) is 4.79 Å². The lowest BCUT2D eigenvalue weighted by Crippen LogP contribution is -2.23. The molecule has 0 atom stereocenters. The van der Waals surface area contributed by atoms with E-state index in [2.05, 4.69) is 20.5 Å². The van der Waals surface area contributed by atoms with E-state index in [-0.39, 0.29) is 11.6 Å². The van der Waals surface area contributed by atoms with Crippen LogP contribution in [0.3, 0.4) is 0 Å². The van der Waals surface area contributed by atoms with Gasteiger partial charge >= 0.3 is 0 Å². The van der Waals surface area contributed by atoms with E-state index >= 15 is 0 Å². The normalized spacial score (nSPS) is 10.3. The van der Waals surface area contributed by atoms with Crippen LogP contribution in [-0.4, -0.2) is 21.1 Å². The van der Waals surface area contributed by atoms with Gasteiger partial charge in [0.05, 0.1) is 23.4 Å². The summed E-state index contributed by atoms with van der Waals surface area (Å²) in [6.07, 6.45) is 1.71.